The Morgan fingerprint density at radius 3 is 1.98 bits per heavy atom. The molecule has 1 aliphatic carbocycles. The molecule has 3 aromatic rings. The van der Waals surface area contributed by atoms with Crippen molar-refractivity contribution in [2.75, 3.05) is 0 Å². The molecule has 0 unspecified atom stereocenters. The summed E-state index contributed by atoms with van der Waals surface area (Å²) in [6, 6.07) is 23.0. The number of carbonyl (C=O) groups is 3. The van der Waals surface area contributed by atoms with Crippen molar-refractivity contribution in [1.82, 2.24) is 5.32 Å². The van der Waals surface area contributed by atoms with Crippen molar-refractivity contribution in [3.63, 3.8) is 0 Å². The van der Waals surface area contributed by atoms with E-state index in [1.807, 2.05) is 81.4 Å². The van der Waals surface area contributed by atoms with E-state index in [4.69, 9.17) is 11.6 Å². The van der Waals surface area contributed by atoms with Gasteiger partial charge in [-0.05, 0) is 54.0 Å². The van der Waals surface area contributed by atoms with Crippen LogP contribution in [0, 0.1) is 17.3 Å². The molecule has 41 heavy (non-hydrogen) atoms. The lowest BCUT2D eigenvalue weighted by Gasteiger charge is -2.30. The van der Waals surface area contributed by atoms with E-state index in [1.165, 1.54) is 6.07 Å². The number of ketones is 2. The highest BCUT2D eigenvalue weighted by Crippen LogP contribution is 2.38. The number of halogens is 1. The minimum atomic E-state index is -0.866. The summed E-state index contributed by atoms with van der Waals surface area (Å²) in [4.78, 5) is 41.7. The van der Waals surface area contributed by atoms with Gasteiger partial charge in [0.25, 0.3) is 0 Å². The lowest BCUT2D eigenvalue weighted by molar-refractivity contribution is -0.136. The Balaban J connectivity index is 1.66. The van der Waals surface area contributed by atoms with Crippen LogP contribution in [0.4, 0.5) is 0 Å². The van der Waals surface area contributed by atoms with E-state index in [9.17, 15) is 19.5 Å². The fourth-order valence-electron chi connectivity index (χ4n) is 5.95. The topological polar surface area (TPSA) is 83.5 Å². The highest BCUT2D eigenvalue weighted by atomic mass is 35.5. The molecule has 2 atom stereocenters. The van der Waals surface area contributed by atoms with E-state index in [1.54, 1.807) is 12.1 Å². The molecule has 0 radical (unpaired) electrons. The monoisotopic (exact) mass is 573 g/mol. The minimum Gasteiger partial charge on any atom is -0.506 e. The lowest BCUT2D eigenvalue weighted by atomic mass is 9.73. The molecule has 6 heteroatoms. The smallest absolute Gasteiger partial charge is 0.232 e. The van der Waals surface area contributed by atoms with Gasteiger partial charge < -0.3 is 10.4 Å². The van der Waals surface area contributed by atoms with E-state index < -0.39 is 17.4 Å². The minimum absolute atomic E-state index is 0.0485. The summed E-state index contributed by atoms with van der Waals surface area (Å²) in [5.74, 6) is -1.23. The zero-order valence-electron chi connectivity index (χ0n) is 24.1. The van der Waals surface area contributed by atoms with Gasteiger partial charge in [0.05, 0.1) is 17.0 Å². The van der Waals surface area contributed by atoms with Gasteiger partial charge in [0.1, 0.15) is 11.5 Å². The zero-order chi connectivity index (χ0) is 29.6. The third-order valence-electron chi connectivity index (χ3n) is 8.15. The van der Waals surface area contributed by atoms with E-state index in [-0.39, 0.29) is 52.9 Å². The number of hydrogen-bond donors (Lipinski definition) is 2. The number of Topliss-reactive ketones (excluding diaryl/α,β-unsaturated/α-hetero) is 2. The highest BCUT2D eigenvalue weighted by molar-refractivity contribution is 6.32. The van der Waals surface area contributed by atoms with Crippen LogP contribution in [-0.4, -0.2) is 28.6 Å². The second-order valence-corrected chi connectivity index (χ2v) is 12.6. The molecule has 2 N–H and O–H groups in total. The van der Waals surface area contributed by atoms with Crippen molar-refractivity contribution in [2.24, 2.45) is 17.3 Å². The van der Waals surface area contributed by atoms with Crippen molar-refractivity contribution in [3.8, 4) is 5.75 Å². The first-order valence-electron chi connectivity index (χ1n) is 14.5. The molecule has 0 aromatic heterocycles. The van der Waals surface area contributed by atoms with Crippen molar-refractivity contribution < 1.29 is 19.5 Å². The molecule has 1 fully saturated rings. The van der Waals surface area contributed by atoms with Gasteiger partial charge in [-0.15, -0.1) is 0 Å². The molecule has 0 aliphatic heterocycles. The predicted molar refractivity (Wildman–Crippen MR) is 163 cm³/mol. The third kappa shape index (κ3) is 7.85. The second-order valence-electron chi connectivity index (χ2n) is 12.2. The fraction of sp³-hybridized carbons (Fsp3) is 0.400. The summed E-state index contributed by atoms with van der Waals surface area (Å²) >= 11 is 6.19. The normalized spacial score (nSPS) is 15.4. The SMILES string of the molecule is CC(C)(C)C(=O)[C@@H](CC(=O)[C@H](Cc1ccc(O)c(Cl)c1)NC(=O)C(c1ccccc1)c1ccccc1)C1CCCC1. The molecule has 0 heterocycles. The Morgan fingerprint density at radius 1 is 0.902 bits per heavy atom. The van der Waals surface area contributed by atoms with Gasteiger partial charge >= 0.3 is 0 Å². The molecule has 4 rings (SSSR count). The first kappa shape index (κ1) is 30.5. The van der Waals surface area contributed by atoms with Gasteiger partial charge in [0.2, 0.25) is 5.91 Å². The summed E-state index contributed by atoms with van der Waals surface area (Å²) in [6.45, 7) is 5.72. The zero-order valence-corrected chi connectivity index (χ0v) is 24.9. The first-order valence-corrected chi connectivity index (χ1v) is 14.9. The number of hydrogen-bond acceptors (Lipinski definition) is 4. The largest absolute Gasteiger partial charge is 0.506 e. The van der Waals surface area contributed by atoms with Gasteiger partial charge in [-0.1, -0.05) is 112 Å². The van der Waals surface area contributed by atoms with Crippen molar-refractivity contribution >= 4 is 29.1 Å². The molecular formula is C35H40ClNO4. The molecule has 1 saturated carbocycles. The quantitative estimate of drug-likeness (QED) is 0.252. The molecule has 0 spiro atoms. The maximum absolute atomic E-state index is 14.1. The highest BCUT2D eigenvalue weighted by Gasteiger charge is 2.39. The maximum atomic E-state index is 14.1. The maximum Gasteiger partial charge on any atom is 0.232 e. The number of phenolic OH excluding ortho intramolecular Hbond substituents is 1. The van der Waals surface area contributed by atoms with Crippen LogP contribution in [0.25, 0.3) is 0 Å². The number of rotatable bonds is 11. The lowest BCUT2D eigenvalue weighted by Crippen LogP contribution is -2.46. The van der Waals surface area contributed by atoms with E-state index >= 15 is 0 Å². The van der Waals surface area contributed by atoms with E-state index in [2.05, 4.69) is 5.32 Å². The number of aromatic hydroxyl groups is 1. The van der Waals surface area contributed by atoms with Crippen LogP contribution in [-0.2, 0) is 20.8 Å². The van der Waals surface area contributed by atoms with Crippen LogP contribution < -0.4 is 5.32 Å². The van der Waals surface area contributed by atoms with Crippen molar-refractivity contribution in [2.45, 2.75) is 71.3 Å². The summed E-state index contributed by atoms with van der Waals surface area (Å²) in [5, 5.41) is 13.2. The van der Waals surface area contributed by atoms with Gasteiger partial charge in [-0.25, -0.2) is 0 Å². The first-order chi connectivity index (χ1) is 19.5. The van der Waals surface area contributed by atoms with E-state index in [0.29, 0.717) is 5.56 Å². The molecule has 5 nitrogen and oxygen atoms in total. The van der Waals surface area contributed by atoms with Gasteiger partial charge in [-0.3, -0.25) is 14.4 Å². The summed E-state index contributed by atoms with van der Waals surface area (Å²) in [5.41, 5.74) is 1.79. The Hall–Kier alpha value is -3.44. The Morgan fingerprint density at radius 2 is 1.46 bits per heavy atom. The molecule has 0 saturated heterocycles. The molecule has 1 aliphatic rings. The number of carbonyl (C=O) groups excluding carboxylic acids is 3. The Labute approximate surface area is 248 Å². The van der Waals surface area contributed by atoms with Crippen LogP contribution in [0.2, 0.25) is 5.02 Å². The fourth-order valence-corrected chi connectivity index (χ4v) is 6.15. The average molecular weight is 574 g/mol. The summed E-state index contributed by atoms with van der Waals surface area (Å²) < 4.78 is 0. The van der Waals surface area contributed by atoms with Gasteiger partial charge in [-0.2, -0.15) is 0 Å². The molecule has 0 bridgehead atoms. The predicted octanol–water partition coefficient (Wildman–Crippen LogP) is 7.29. The van der Waals surface area contributed by atoms with Gasteiger partial charge in [0.15, 0.2) is 5.78 Å². The molecule has 3 aromatic carbocycles. The molecule has 1 amide bonds. The molecule has 216 valence electrons. The Bertz CT molecular complexity index is 1300. The number of nitrogens with one attached hydrogen (secondary N) is 1. The van der Waals surface area contributed by atoms with E-state index in [0.717, 1.165) is 36.8 Å². The second kappa shape index (κ2) is 13.5. The van der Waals surface area contributed by atoms with Crippen LogP contribution in [0.3, 0.4) is 0 Å². The van der Waals surface area contributed by atoms with Gasteiger partial charge in [0, 0.05) is 17.8 Å². The standard InChI is InChI=1S/C35H40ClNO4/c1-35(2,3)33(40)27(24-12-10-11-13-24)22-31(39)29(21-23-18-19-30(38)28(36)20-23)37-34(41)32(25-14-6-4-7-15-25)26-16-8-5-9-17-26/h4-9,14-20,24,27,29,32,38H,10-13,21-22H2,1-3H3,(H,37,41)/t27-,29-/m0/s1. The van der Waals surface area contributed by atoms with Crippen LogP contribution in [0.15, 0.2) is 78.9 Å². The van der Waals surface area contributed by atoms with Crippen LogP contribution in [0.5, 0.6) is 5.75 Å². The van der Waals surface area contributed by atoms with Crippen LogP contribution in [0.1, 0.15) is 75.5 Å². The number of benzene rings is 3. The number of amides is 1. The number of phenols is 1. The summed E-state index contributed by atoms with van der Waals surface area (Å²) in [6.07, 6.45) is 4.29. The molecular weight excluding hydrogens is 534 g/mol. The van der Waals surface area contributed by atoms with Crippen LogP contribution >= 0.6 is 11.6 Å². The Kier molecular flexibility index (Phi) is 10.0. The summed E-state index contributed by atoms with van der Waals surface area (Å²) in [7, 11) is 0. The van der Waals surface area contributed by atoms with Crippen molar-refractivity contribution in [1.29, 1.82) is 0 Å². The third-order valence-corrected chi connectivity index (χ3v) is 8.45. The average Bonchev–Trinajstić information content (AvgIpc) is 3.48. The van der Waals surface area contributed by atoms with Crippen molar-refractivity contribution in [3.05, 3.63) is 101 Å².